The van der Waals surface area contributed by atoms with Crippen LogP contribution in [0, 0.1) is 5.92 Å². The Hall–Kier alpha value is -0.420. The van der Waals surface area contributed by atoms with E-state index in [0.29, 0.717) is 17.1 Å². The molecule has 1 rings (SSSR count). The zero-order chi connectivity index (χ0) is 12.0. The van der Waals surface area contributed by atoms with Gasteiger partial charge in [0.1, 0.15) is 5.84 Å². The fraction of sp³-hybridized carbons (Fsp3) is 0.909. The van der Waals surface area contributed by atoms with Crippen molar-refractivity contribution in [3.63, 3.8) is 0 Å². The largest absolute Gasteiger partial charge is 0.409 e. The Kier molecular flexibility index (Phi) is 5.98. The van der Waals surface area contributed by atoms with Gasteiger partial charge in [-0.15, -0.1) is 0 Å². The molecular formula is C11H23N3OS. The molecule has 0 saturated heterocycles. The molecular weight excluding hydrogens is 222 g/mol. The van der Waals surface area contributed by atoms with Gasteiger partial charge in [-0.25, -0.2) is 0 Å². The van der Waals surface area contributed by atoms with E-state index in [9.17, 15) is 0 Å². The summed E-state index contributed by atoms with van der Waals surface area (Å²) in [6.45, 7) is 2.76. The van der Waals surface area contributed by atoms with Crippen LogP contribution in [0.5, 0.6) is 0 Å². The highest BCUT2D eigenvalue weighted by Gasteiger charge is 2.24. The molecule has 94 valence electrons. The number of nitrogens with two attached hydrogens (primary N) is 1. The Bertz CT molecular complexity index is 235. The lowest BCUT2D eigenvalue weighted by Crippen LogP contribution is -2.44. The molecule has 3 atom stereocenters. The van der Waals surface area contributed by atoms with Gasteiger partial charge in [-0.1, -0.05) is 24.9 Å². The van der Waals surface area contributed by atoms with Gasteiger partial charge < -0.3 is 16.3 Å². The van der Waals surface area contributed by atoms with Crippen molar-refractivity contribution in [1.82, 2.24) is 5.32 Å². The van der Waals surface area contributed by atoms with E-state index in [-0.39, 0.29) is 5.92 Å². The first-order valence-electron chi connectivity index (χ1n) is 5.92. The van der Waals surface area contributed by atoms with Gasteiger partial charge in [-0.3, -0.25) is 0 Å². The molecule has 0 bridgehead atoms. The number of hydrogen-bond acceptors (Lipinski definition) is 4. The predicted molar refractivity (Wildman–Crippen MR) is 70.1 cm³/mol. The molecule has 1 aliphatic rings. The molecule has 0 aliphatic heterocycles. The number of thioether (sulfide) groups is 1. The maximum atomic E-state index is 8.57. The monoisotopic (exact) mass is 245 g/mol. The van der Waals surface area contributed by atoms with Gasteiger partial charge in [0, 0.05) is 23.8 Å². The van der Waals surface area contributed by atoms with Crippen LogP contribution < -0.4 is 11.1 Å². The lowest BCUT2D eigenvalue weighted by molar-refractivity contribution is 0.312. The maximum absolute atomic E-state index is 8.57. The highest BCUT2D eigenvalue weighted by atomic mass is 32.2. The maximum Gasteiger partial charge on any atom is 0.143 e. The number of amidine groups is 1. The van der Waals surface area contributed by atoms with Crippen LogP contribution in [0.1, 0.15) is 32.6 Å². The van der Waals surface area contributed by atoms with Crippen molar-refractivity contribution >= 4 is 17.6 Å². The Balaban J connectivity index is 2.35. The first-order valence-corrected chi connectivity index (χ1v) is 7.21. The van der Waals surface area contributed by atoms with Crippen LogP contribution >= 0.6 is 11.8 Å². The van der Waals surface area contributed by atoms with Gasteiger partial charge in [0.25, 0.3) is 0 Å². The summed E-state index contributed by atoms with van der Waals surface area (Å²) in [6.07, 6.45) is 7.38. The van der Waals surface area contributed by atoms with Gasteiger partial charge in [0.15, 0.2) is 0 Å². The molecule has 1 fully saturated rings. The minimum absolute atomic E-state index is 0.0921. The number of rotatable bonds is 5. The SMILES string of the molecule is CSC1CCCCC1NCC(C)C(N)=NO. The van der Waals surface area contributed by atoms with E-state index < -0.39 is 0 Å². The van der Waals surface area contributed by atoms with E-state index in [2.05, 4.69) is 16.7 Å². The lowest BCUT2D eigenvalue weighted by Gasteiger charge is -2.31. The number of nitrogens with one attached hydrogen (secondary N) is 1. The standard InChI is InChI=1S/C11H23N3OS/c1-8(11(12)14-15)7-13-9-5-3-4-6-10(9)16-2/h8-10,13,15H,3-7H2,1-2H3,(H2,12,14). The second-order valence-electron chi connectivity index (χ2n) is 4.50. The molecule has 0 aromatic rings. The Morgan fingerprint density at radius 3 is 2.88 bits per heavy atom. The van der Waals surface area contributed by atoms with E-state index >= 15 is 0 Å². The summed E-state index contributed by atoms with van der Waals surface area (Å²) in [5.74, 6) is 0.401. The first-order chi connectivity index (χ1) is 7.69. The average Bonchev–Trinajstić information content (AvgIpc) is 2.35. The van der Waals surface area contributed by atoms with Gasteiger partial charge in [-0.05, 0) is 19.1 Å². The summed E-state index contributed by atoms with van der Waals surface area (Å²) >= 11 is 1.95. The van der Waals surface area contributed by atoms with E-state index in [0.717, 1.165) is 6.54 Å². The van der Waals surface area contributed by atoms with Gasteiger partial charge in [-0.2, -0.15) is 11.8 Å². The van der Waals surface area contributed by atoms with E-state index in [1.165, 1.54) is 25.7 Å². The molecule has 0 heterocycles. The van der Waals surface area contributed by atoms with Crippen molar-refractivity contribution in [1.29, 1.82) is 0 Å². The third-order valence-electron chi connectivity index (χ3n) is 3.31. The Morgan fingerprint density at radius 1 is 1.56 bits per heavy atom. The zero-order valence-electron chi connectivity index (χ0n) is 10.1. The number of oxime groups is 1. The molecule has 5 heteroatoms. The summed E-state index contributed by atoms with van der Waals surface area (Å²) < 4.78 is 0. The quantitative estimate of drug-likeness (QED) is 0.298. The summed E-state index contributed by atoms with van der Waals surface area (Å²) in [4.78, 5) is 0. The fourth-order valence-corrected chi connectivity index (χ4v) is 3.11. The van der Waals surface area contributed by atoms with Crippen LogP contribution in [0.25, 0.3) is 0 Å². The predicted octanol–water partition coefficient (Wildman–Crippen LogP) is 1.63. The molecule has 4 N–H and O–H groups in total. The molecule has 0 amide bonds. The van der Waals surface area contributed by atoms with E-state index in [4.69, 9.17) is 10.9 Å². The summed E-state index contributed by atoms with van der Waals surface area (Å²) in [7, 11) is 0. The van der Waals surface area contributed by atoms with Crippen LogP contribution in [0.15, 0.2) is 5.16 Å². The van der Waals surface area contributed by atoms with Crippen molar-refractivity contribution in [2.75, 3.05) is 12.8 Å². The molecule has 3 unspecified atom stereocenters. The van der Waals surface area contributed by atoms with Crippen LogP contribution in [0.3, 0.4) is 0 Å². The van der Waals surface area contributed by atoms with Crippen LogP contribution in [-0.4, -0.2) is 35.1 Å². The first kappa shape index (κ1) is 13.6. The molecule has 0 radical (unpaired) electrons. The van der Waals surface area contributed by atoms with Gasteiger partial charge >= 0.3 is 0 Å². The second-order valence-corrected chi connectivity index (χ2v) is 5.58. The third-order valence-corrected chi connectivity index (χ3v) is 4.48. The van der Waals surface area contributed by atoms with Crippen molar-refractivity contribution in [3.8, 4) is 0 Å². The fourth-order valence-electron chi connectivity index (χ4n) is 2.14. The van der Waals surface area contributed by atoms with E-state index in [1.54, 1.807) is 0 Å². The van der Waals surface area contributed by atoms with Crippen molar-refractivity contribution in [3.05, 3.63) is 0 Å². The highest BCUT2D eigenvalue weighted by Crippen LogP contribution is 2.27. The van der Waals surface area contributed by atoms with Crippen LogP contribution in [0.2, 0.25) is 0 Å². The van der Waals surface area contributed by atoms with Crippen molar-refractivity contribution < 1.29 is 5.21 Å². The molecule has 1 saturated carbocycles. The average molecular weight is 245 g/mol. The van der Waals surface area contributed by atoms with Crippen molar-refractivity contribution in [2.24, 2.45) is 16.8 Å². The highest BCUT2D eigenvalue weighted by molar-refractivity contribution is 7.99. The summed E-state index contributed by atoms with van der Waals surface area (Å²) in [5, 5.41) is 15.9. The smallest absolute Gasteiger partial charge is 0.143 e. The second kappa shape index (κ2) is 7.01. The Morgan fingerprint density at radius 2 is 2.25 bits per heavy atom. The van der Waals surface area contributed by atoms with Crippen LogP contribution in [0.4, 0.5) is 0 Å². The topological polar surface area (TPSA) is 70.6 Å². The Labute approximate surface area is 102 Å². The minimum atomic E-state index is 0.0921. The summed E-state index contributed by atoms with van der Waals surface area (Å²) in [5.41, 5.74) is 5.55. The van der Waals surface area contributed by atoms with Crippen molar-refractivity contribution in [2.45, 2.75) is 43.9 Å². The molecule has 16 heavy (non-hydrogen) atoms. The van der Waals surface area contributed by atoms with Crippen LogP contribution in [-0.2, 0) is 0 Å². The molecule has 4 nitrogen and oxygen atoms in total. The lowest BCUT2D eigenvalue weighted by atomic mass is 9.94. The van der Waals surface area contributed by atoms with E-state index in [1.807, 2.05) is 18.7 Å². The molecule has 0 spiro atoms. The van der Waals surface area contributed by atoms with Gasteiger partial charge in [0.2, 0.25) is 0 Å². The molecule has 0 aromatic carbocycles. The normalized spacial score (nSPS) is 29.0. The van der Waals surface area contributed by atoms with Gasteiger partial charge in [0.05, 0.1) is 0 Å². The number of hydrogen-bond donors (Lipinski definition) is 3. The minimum Gasteiger partial charge on any atom is -0.409 e. The number of nitrogens with zero attached hydrogens (tertiary/aromatic N) is 1. The third kappa shape index (κ3) is 3.87. The zero-order valence-corrected chi connectivity index (χ0v) is 11.0. The molecule has 0 aromatic heterocycles. The summed E-state index contributed by atoms with van der Waals surface area (Å²) in [6, 6.07) is 0.581. The molecule has 1 aliphatic carbocycles.